The molecule has 0 unspecified atom stereocenters. The molecule has 0 bridgehead atoms. The Hall–Kier alpha value is -0.920. The maximum atomic E-state index is 12.3. The fraction of sp³-hybridized carbons (Fsp3) is 0.450. The molecule has 0 amide bonds. The summed E-state index contributed by atoms with van der Waals surface area (Å²) in [5.74, 6) is -0.252. The van der Waals surface area contributed by atoms with E-state index in [0.717, 1.165) is 47.7 Å². The van der Waals surface area contributed by atoms with Gasteiger partial charge in [0.15, 0.2) is 5.78 Å². The standard InChI is InChI=1S/C20H27NO4S.Na/c1-3-4-5-6-7-20(22)18-9-8-17-15-19(11-10-16(17)14-18)21(2)12-13-26(23,24)25;/h8-11,14-15H,3-7,12-13H2,1-2H3,(H,23,24,25);/q;+1/p-1. The van der Waals surface area contributed by atoms with Crippen LogP contribution in [0.1, 0.15) is 49.4 Å². The Morgan fingerprint density at radius 2 is 1.70 bits per heavy atom. The zero-order valence-electron chi connectivity index (χ0n) is 16.4. The predicted octanol–water partition coefficient (Wildman–Crippen LogP) is 0.978. The SMILES string of the molecule is CCCCCCC(=O)c1ccc2cc(N(C)CCS(=O)(=O)[O-])ccc2c1.[Na+]. The first-order chi connectivity index (χ1) is 12.3. The largest absolute Gasteiger partial charge is 1.00 e. The summed E-state index contributed by atoms with van der Waals surface area (Å²) in [6, 6.07) is 11.4. The number of ketones is 1. The molecule has 0 aliphatic rings. The summed E-state index contributed by atoms with van der Waals surface area (Å²) in [5.41, 5.74) is 1.56. The molecule has 2 rings (SSSR count). The fourth-order valence-electron chi connectivity index (χ4n) is 2.88. The number of carbonyl (C=O) groups excluding carboxylic acids is 1. The summed E-state index contributed by atoms with van der Waals surface area (Å²) < 4.78 is 32.3. The smallest absolute Gasteiger partial charge is 0.748 e. The third-order valence-electron chi connectivity index (χ3n) is 4.52. The van der Waals surface area contributed by atoms with Crippen molar-refractivity contribution >= 4 is 32.4 Å². The maximum absolute atomic E-state index is 12.3. The minimum absolute atomic E-state index is 0. The monoisotopic (exact) mass is 399 g/mol. The van der Waals surface area contributed by atoms with E-state index in [2.05, 4.69) is 6.92 Å². The van der Waals surface area contributed by atoms with Crippen molar-refractivity contribution in [2.75, 3.05) is 24.2 Å². The number of nitrogens with zero attached hydrogens (tertiary/aromatic N) is 1. The molecule has 0 aliphatic heterocycles. The number of fused-ring (bicyclic) bond motifs is 1. The summed E-state index contributed by atoms with van der Waals surface area (Å²) in [4.78, 5) is 14.0. The van der Waals surface area contributed by atoms with Gasteiger partial charge in [0.25, 0.3) is 0 Å². The van der Waals surface area contributed by atoms with Gasteiger partial charge in [0.2, 0.25) is 0 Å². The second-order valence-corrected chi connectivity index (χ2v) is 8.19. The Bertz CT molecular complexity index is 867. The van der Waals surface area contributed by atoms with Crippen LogP contribution in [0.15, 0.2) is 36.4 Å². The number of hydrogen-bond donors (Lipinski definition) is 0. The minimum Gasteiger partial charge on any atom is -0.748 e. The molecule has 2 aromatic rings. The molecule has 0 saturated heterocycles. The van der Waals surface area contributed by atoms with Gasteiger partial charge < -0.3 is 9.45 Å². The Balaban J connectivity index is 0.00000364. The van der Waals surface area contributed by atoms with Gasteiger partial charge in [-0.05, 0) is 35.4 Å². The van der Waals surface area contributed by atoms with Crippen molar-refractivity contribution in [1.82, 2.24) is 0 Å². The number of hydrogen-bond acceptors (Lipinski definition) is 5. The normalized spacial score (nSPS) is 11.2. The number of rotatable bonds is 10. The van der Waals surface area contributed by atoms with Crippen LogP contribution in [-0.4, -0.2) is 38.1 Å². The summed E-state index contributed by atoms with van der Waals surface area (Å²) in [6.45, 7) is 2.29. The van der Waals surface area contributed by atoms with Gasteiger partial charge in [-0.15, -0.1) is 0 Å². The van der Waals surface area contributed by atoms with Crippen LogP contribution < -0.4 is 34.5 Å². The summed E-state index contributed by atoms with van der Waals surface area (Å²) in [6.07, 6.45) is 4.91. The summed E-state index contributed by atoms with van der Waals surface area (Å²) >= 11 is 0. The van der Waals surface area contributed by atoms with Crippen LogP contribution >= 0.6 is 0 Å². The van der Waals surface area contributed by atoms with Crippen LogP contribution in [0.3, 0.4) is 0 Å². The van der Waals surface area contributed by atoms with Crippen molar-refractivity contribution in [3.05, 3.63) is 42.0 Å². The molecule has 7 heteroatoms. The van der Waals surface area contributed by atoms with Gasteiger partial charge in [0.1, 0.15) is 0 Å². The second-order valence-electron chi connectivity index (χ2n) is 6.66. The molecule has 0 radical (unpaired) electrons. The summed E-state index contributed by atoms with van der Waals surface area (Å²) in [7, 11) is -2.48. The Kier molecular flexibility index (Phi) is 9.98. The van der Waals surface area contributed by atoms with Crippen molar-refractivity contribution in [3.8, 4) is 0 Å². The van der Waals surface area contributed by atoms with Crippen molar-refractivity contribution in [1.29, 1.82) is 0 Å². The quantitative estimate of drug-likeness (QED) is 0.258. The summed E-state index contributed by atoms with van der Waals surface area (Å²) in [5, 5.41) is 1.94. The van der Waals surface area contributed by atoms with Gasteiger partial charge in [-0.2, -0.15) is 0 Å². The van der Waals surface area contributed by atoms with Crippen molar-refractivity contribution in [2.45, 2.75) is 39.0 Å². The first kappa shape index (κ1) is 24.1. The molecule has 0 aromatic heterocycles. The van der Waals surface area contributed by atoms with E-state index in [9.17, 15) is 17.8 Å². The van der Waals surface area contributed by atoms with Gasteiger partial charge in [0, 0.05) is 31.3 Å². The van der Waals surface area contributed by atoms with E-state index in [1.165, 1.54) is 0 Å². The van der Waals surface area contributed by atoms with Gasteiger partial charge in [0.05, 0.1) is 15.9 Å². The molecule has 0 aliphatic carbocycles. The first-order valence-electron chi connectivity index (χ1n) is 9.02. The molecule has 0 fully saturated rings. The molecule has 0 spiro atoms. The van der Waals surface area contributed by atoms with Crippen LogP contribution in [0.4, 0.5) is 5.69 Å². The average molecular weight is 399 g/mol. The topological polar surface area (TPSA) is 77.5 Å². The zero-order chi connectivity index (χ0) is 19.2. The molecule has 142 valence electrons. The molecular weight excluding hydrogens is 373 g/mol. The zero-order valence-corrected chi connectivity index (χ0v) is 19.2. The number of unbranched alkanes of at least 4 members (excludes halogenated alkanes) is 3. The first-order valence-corrected chi connectivity index (χ1v) is 10.6. The van der Waals surface area contributed by atoms with Crippen molar-refractivity contribution in [3.63, 3.8) is 0 Å². The molecule has 0 atom stereocenters. The van der Waals surface area contributed by atoms with Crippen molar-refractivity contribution < 1.29 is 47.3 Å². The molecule has 0 heterocycles. The average Bonchev–Trinajstić information content (AvgIpc) is 2.61. The van der Waals surface area contributed by atoms with Gasteiger partial charge in [-0.1, -0.05) is 44.4 Å². The number of benzene rings is 2. The van der Waals surface area contributed by atoms with Crippen LogP contribution in [0.5, 0.6) is 0 Å². The predicted molar refractivity (Wildman–Crippen MR) is 105 cm³/mol. The van der Waals surface area contributed by atoms with E-state index in [1.54, 1.807) is 11.9 Å². The Labute approximate surface area is 184 Å². The van der Waals surface area contributed by atoms with Gasteiger partial charge in [-0.25, -0.2) is 8.42 Å². The van der Waals surface area contributed by atoms with E-state index >= 15 is 0 Å². The fourth-order valence-corrected chi connectivity index (χ4v) is 3.38. The van der Waals surface area contributed by atoms with Crippen LogP contribution in [0.25, 0.3) is 10.8 Å². The van der Waals surface area contributed by atoms with Crippen molar-refractivity contribution in [2.24, 2.45) is 0 Å². The van der Waals surface area contributed by atoms with Gasteiger partial charge in [-0.3, -0.25) is 4.79 Å². The number of Topliss-reactive ketones (excluding diaryl/α,β-unsaturated/α-hetero) is 1. The van der Waals surface area contributed by atoms with E-state index in [-0.39, 0.29) is 41.9 Å². The van der Waals surface area contributed by atoms with Crippen LogP contribution in [0.2, 0.25) is 0 Å². The molecular formula is C20H26NNaO4S. The second kappa shape index (κ2) is 11.2. The third kappa shape index (κ3) is 7.92. The van der Waals surface area contributed by atoms with Gasteiger partial charge >= 0.3 is 29.6 Å². The van der Waals surface area contributed by atoms with E-state index in [0.29, 0.717) is 6.42 Å². The Morgan fingerprint density at radius 3 is 2.37 bits per heavy atom. The molecule has 0 saturated carbocycles. The molecule has 5 nitrogen and oxygen atoms in total. The van der Waals surface area contributed by atoms with Crippen LogP contribution in [0, 0.1) is 0 Å². The minimum atomic E-state index is -4.23. The molecule has 27 heavy (non-hydrogen) atoms. The van der Waals surface area contributed by atoms with Crippen LogP contribution in [-0.2, 0) is 10.1 Å². The van der Waals surface area contributed by atoms with E-state index in [1.807, 2.05) is 36.4 Å². The maximum Gasteiger partial charge on any atom is 1.00 e. The molecule has 2 aromatic carbocycles. The number of carbonyl (C=O) groups is 1. The Morgan fingerprint density at radius 1 is 1.04 bits per heavy atom. The third-order valence-corrected chi connectivity index (χ3v) is 5.20. The van der Waals surface area contributed by atoms with E-state index < -0.39 is 15.9 Å². The van der Waals surface area contributed by atoms with E-state index in [4.69, 9.17) is 0 Å². The number of anilines is 1. The molecule has 0 N–H and O–H groups in total.